The molecule has 1 aliphatic rings. The Morgan fingerprint density at radius 1 is 1.09 bits per heavy atom. The van der Waals surface area contributed by atoms with E-state index in [0.717, 1.165) is 30.6 Å². The average Bonchev–Trinajstić information content (AvgIpc) is 3.44. The summed E-state index contributed by atoms with van der Waals surface area (Å²) in [7, 11) is 3.53. The van der Waals surface area contributed by atoms with Crippen molar-refractivity contribution in [2.45, 2.75) is 31.8 Å². The van der Waals surface area contributed by atoms with Gasteiger partial charge < -0.3 is 25.4 Å². The molecule has 1 saturated carbocycles. The Morgan fingerprint density at radius 2 is 1.89 bits per heavy atom. The third-order valence-corrected chi connectivity index (χ3v) is 7.56. The van der Waals surface area contributed by atoms with Gasteiger partial charge in [0.1, 0.15) is 17.3 Å². The van der Waals surface area contributed by atoms with Crippen molar-refractivity contribution in [1.29, 1.82) is 0 Å². The quantitative estimate of drug-likeness (QED) is 0.218. The number of carboxylic acid groups (broad SMARTS) is 1. The van der Waals surface area contributed by atoms with Gasteiger partial charge in [-0.05, 0) is 61.2 Å². The summed E-state index contributed by atoms with van der Waals surface area (Å²) in [5.74, 6) is -0.0497. The molecule has 0 aliphatic heterocycles. The highest BCUT2D eigenvalue weighted by molar-refractivity contribution is 5.94. The fraction of sp³-hybridized carbons (Fsp3) is 0.226. The highest BCUT2D eigenvalue weighted by atomic mass is 16.5. The maximum Gasteiger partial charge on any atom is 0.337 e. The van der Waals surface area contributed by atoms with Crippen molar-refractivity contribution in [3.8, 4) is 11.6 Å². The van der Waals surface area contributed by atoms with Crippen molar-refractivity contribution < 1.29 is 19.4 Å². The third kappa shape index (κ3) is 5.67. The zero-order valence-electron chi connectivity index (χ0n) is 24.1. The zero-order valence-corrected chi connectivity index (χ0v) is 24.1. The van der Waals surface area contributed by atoms with E-state index in [4.69, 9.17) is 4.74 Å². The number of methoxy groups -OCH3 is 1. The van der Waals surface area contributed by atoms with Crippen LogP contribution < -0.4 is 25.8 Å². The van der Waals surface area contributed by atoms with Crippen LogP contribution in [0.15, 0.2) is 78.0 Å². The molecule has 0 bridgehead atoms. The van der Waals surface area contributed by atoms with Gasteiger partial charge in [-0.15, -0.1) is 5.10 Å². The lowest BCUT2D eigenvalue weighted by molar-refractivity contribution is 0.0696. The highest BCUT2D eigenvalue weighted by Crippen LogP contribution is 2.27. The molecule has 0 spiro atoms. The Hall–Kier alpha value is -5.72. The number of fused-ring (bicyclic) bond motifs is 1. The second kappa shape index (κ2) is 11.9. The van der Waals surface area contributed by atoms with Crippen LogP contribution in [0.4, 0.5) is 17.2 Å². The van der Waals surface area contributed by atoms with E-state index in [-0.39, 0.29) is 34.7 Å². The second-order valence-corrected chi connectivity index (χ2v) is 10.5. The minimum Gasteiger partial charge on any atom is -0.497 e. The normalized spacial score (nSPS) is 12.9. The van der Waals surface area contributed by atoms with E-state index in [1.807, 2.05) is 36.2 Å². The van der Waals surface area contributed by atoms with Crippen molar-refractivity contribution in [2.24, 2.45) is 0 Å². The standard InChI is InChI=1S/C31H30N8O5/c1-37(18-19-8-11-22(44-2)12-9-19)24-15-26(36-39-25(17-33-28(24)39)29(40)34-21-5-3-6-21)35-23-7-4-14-38(30(23)41)27-13-10-20(16-32-27)31(42)43/h4,7-17,21H,3,5-6,18H2,1-2H3,(H,34,40)(H,35,36)(H,42,43). The SMILES string of the molecule is COc1ccc(CN(C)c2cc(Nc3cccn(-c4ccc(C(=O)O)cn4)c3=O)nn3c(C(=O)NC4CCC4)cnc23)cc1. The maximum absolute atomic E-state index is 13.5. The molecule has 224 valence electrons. The molecule has 1 aromatic carbocycles. The van der Waals surface area contributed by atoms with E-state index >= 15 is 0 Å². The van der Waals surface area contributed by atoms with E-state index in [1.54, 1.807) is 31.5 Å². The highest BCUT2D eigenvalue weighted by Gasteiger charge is 2.24. The van der Waals surface area contributed by atoms with Crippen LogP contribution in [0.3, 0.4) is 0 Å². The summed E-state index contributed by atoms with van der Waals surface area (Å²) in [6, 6.07) is 15.7. The van der Waals surface area contributed by atoms with Gasteiger partial charge in [-0.3, -0.25) is 14.2 Å². The average molecular weight is 595 g/mol. The van der Waals surface area contributed by atoms with Gasteiger partial charge in [-0.2, -0.15) is 0 Å². The molecule has 1 aliphatic carbocycles. The minimum absolute atomic E-state index is 0.0114. The van der Waals surface area contributed by atoms with Crippen molar-refractivity contribution in [1.82, 2.24) is 29.5 Å². The first kappa shape index (κ1) is 28.4. The van der Waals surface area contributed by atoms with E-state index in [2.05, 4.69) is 25.7 Å². The Balaban J connectivity index is 1.37. The molecule has 5 aromatic rings. The summed E-state index contributed by atoms with van der Waals surface area (Å²) in [6.45, 7) is 0.524. The van der Waals surface area contributed by atoms with Crippen LogP contribution in [0, 0.1) is 0 Å². The van der Waals surface area contributed by atoms with E-state index in [9.17, 15) is 19.5 Å². The number of aromatic carboxylic acids is 1. The lowest BCUT2D eigenvalue weighted by Gasteiger charge is -2.26. The fourth-order valence-corrected chi connectivity index (χ4v) is 4.91. The number of carbonyl (C=O) groups excluding carboxylic acids is 1. The number of hydrogen-bond donors (Lipinski definition) is 3. The Kier molecular flexibility index (Phi) is 7.67. The number of carbonyl (C=O) groups is 2. The summed E-state index contributed by atoms with van der Waals surface area (Å²) < 4.78 is 8.07. The number of anilines is 3. The summed E-state index contributed by atoms with van der Waals surface area (Å²) >= 11 is 0. The molecule has 3 N–H and O–H groups in total. The van der Waals surface area contributed by atoms with Gasteiger partial charge in [0.05, 0.1) is 24.6 Å². The first-order chi connectivity index (χ1) is 21.3. The predicted molar refractivity (Wildman–Crippen MR) is 163 cm³/mol. The zero-order chi connectivity index (χ0) is 30.8. The second-order valence-electron chi connectivity index (χ2n) is 10.5. The van der Waals surface area contributed by atoms with Crippen molar-refractivity contribution >= 4 is 34.7 Å². The number of aromatic nitrogens is 5. The first-order valence-electron chi connectivity index (χ1n) is 14.0. The minimum atomic E-state index is -1.11. The van der Waals surface area contributed by atoms with Crippen molar-refractivity contribution in [2.75, 3.05) is 24.4 Å². The van der Waals surface area contributed by atoms with Crippen molar-refractivity contribution in [3.05, 3.63) is 100 Å². The summed E-state index contributed by atoms with van der Waals surface area (Å²) in [4.78, 5) is 48.6. The molecule has 6 rings (SSSR count). The number of carboxylic acids is 1. The number of nitrogens with one attached hydrogen (secondary N) is 2. The first-order valence-corrected chi connectivity index (χ1v) is 14.0. The van der Waals surface area contributed by atoms with Gasteiger partial charge in [0.25, 0.3) is 11.5 Å². The van der Waals surface area contributed by atoms with Gasteiger partial charge in [0.15, 0.2) is 17.2 Å². The van der Waals surface area contributed by atoms with Gasteiger partial charge in [0.2, 0.25) is 0 Å². The molecule has 4 heterocycles. The number of pyridine rings is 2. The lowest BCUT2D eigenvalue weighted by Crippen LogP contribution is -2.40. The number of amides is 1. The van der Waals surface area contributed by atoms with Gasteiger partial charge >= 0.3 is 5.97 Å². The van der Waals surface area contributed by atoms with Gasteiger partial charge in [-0.1, -0.05) is 12.1 Å². The summed E-state index contributed by atoms with van der Waals surface area (Å²) in [5, 5.41) is 20.0. The summed E-state index contributed by atoms with van der Waals surface area (Å²) in [6.07, 6.45) is 7.20. The number of ether oxygens (including phenoxy) is 1. The molecule has 13 nitrogen and oxygen atoms in total. The number of nitrogens with zero attached hydrogens (tertiary/aromatic N) is 6. The van der Waals surface area contributed by atoms with Gasteiger partial charge in [-0.25, -0.2) is 19.3 Å². The molecule has 1 amide bonds. The molecule has 4 aromatic heterocycles. The molecule has 1 fully saturated rings. The van der Waals surface area contributed by atoms with Crippen LogP contribution in [0.5, 0.6) is 5.75 Å². The molecule has 13 heteroatoms. The maximum atomic E-state index is 13.5. The van der Waals surface area contributed by atoms with E-state index < -0.39 is 11.5 Å². The number of imidazole rings is 1. The molecular weight excluding hydrogens is 564 g/mol. The smallest absolute Gasteiger partial charge is 0.337 e. The number of rotatable bonds is 10. The largest absolute Gasteiger partial charge is 0.497 e. The number of benzene rings is 1. The fourth-order valence-electron chi connectivity index (χ4n) is 4.91. The Labute approximate surface area is 251 Å². The van der Waals surface area contributed by atoms with Crippen LogP contribution in [-0.4, -0.2) is 61.3 Å². The number of hydrogen-bond acceptors (Lipinski definition) is 9. The van der Waals surface area contributed by atoms with E-state index in [1.165, 1.54) is 33.6 Å². The Bertz CT molecular complexity index is 1900. The van der Waals surface area contributed by atoms with Crippen LogP contribution >= 0.6 is 0 Å². The van der Waals surface area contributed by atoms with Crippen molar-refractivity contribution in [3.63, 3.8) is 0 Å². The van der Waals surface area contributed by atoms with E-state index in [0.29, 0.717) is 23.7 Å². The molecule has 0 radical (unpaired) electrons. The van der Waals surface area contributed by atoms with Crippen LogP contribution in [0.25, 0.3) is 11.5 Å². The predicted octanol–water partition coefficient (Wildman–Crippen LogP) is 3.64. The molecule has 0 saturated heterocycles. The van der Waals surface area contributed by atoms with Gasteiger partial charge in [0, 0.05) is 38.1 Å². The molecule has 44 heavy (non-hydrogen) atoms. The molecular formula is C31H30N8O5. The molecule has 0 unspecified atom stereocenters. The Morgan fingerprint density at radius 3 is 2.55 bits per heavy atom. The van der Waals surface area contributed by atoms with Crippen LogP contribution in [-0.2, 0) is 6.54 Å². The summed E-state index contributed by atoms with van der Waals surface area (Å²) in [5.41, 5.74) is 2.26. The third-order valence-electron chi connectivity index (χ3n) is 7.56. The topological polar surface area (TPSA) is 156 Å². The van der Waals surface area contributed by atoms with Crippen LogP contribution in [0.2, 0.25) is 0 Å². The van der Waals surface area contributed by atoms with Crippen LogP contribution in [0.1, 0.15) is 45.7 Å². The molecule has 0 atom stereocenters. The lowest BCUT2D eigenvalue weighted by atomic mass is 9.93. The monoisotopic (exact) mass is 594 g/mol.